The Balaban J connectivity index is 1.86. The van der Waals surface area contributed by atoms with E-state index < -0.39 is 5.97 Å². The van der Waals surface area contributed by atoms with Crippen molar-refractivity contribution in [3.8, 4) is 0 Å². The molecule has 1 aromatic heterocycles. The predicted molar refractivity (Wildman–Crippen MR) is 54.7 cm³/mol. The van der Waals surface area contributed by atoms with Crippen LogP contribution >= 0.6 is 0 Å². The van der Waals surface area contributed by atoms with Gasteiger partial charge in [-0.05, 0) is 32.9 Å². The maximum Gasteiger partial charge on any atom is 0.306 e. The van der Waals surface area contributed by atoms with Crippen molar-refractivity contribution in [1.82, 2.24) is 15.2 Å². The lowest BCUT2D eigenvalue weighted by Gasteiger charge is -2.29. The van der Waals surface area contributed by atoms with Crippen molar-refractivity contribution in [2.24, 2.45) is 5.92 Å². The summed E-state index contributed by atoms with van der Waals surface area (Å²) in [6.45, 7) is 4.14. The number of piperidine rings is 1. The minimum absolute atomic E-state index is 0.187. The molecule has 1 aromatic rings. The number of aromatic nitrogens is 2. The highest BCUT2D eigenvalue weighted by molar-refractivity contribution is 5.70. The highest BCUT2D eigenvalue weighted by Crippen LogP contribution is 2.19. The van der Waals surface area contributed by atoms with Crippen molar-refractivity contribution in [2.75, 3.05) is 13.1 Å². The van der Waals surface area contributed by atoms with Gasteiger partial charge in [0.25, 0.3) is 0 Å². The van der Waals surface area contributed by atoms with Gasteiger partial charge in [0.2, 0.25) is 0 Å². The average Bonchev–Trinajstić information content (AvgIpc) is 2.65. The Bertz CT molecular complexity index is 369. The van der Waals surface area contributed by atoms with Gasteiger partial charge < -0.3 is 5.11 Å². The first-order valence-corrected chi connectivity index (χ1v) is 5.40. The number of hydrogen-bond acceptors (Lipinski definition) is 5. The third-order valence-corrected chi connectivity index (χ3v) is 3.06. The second-order valence-electron chi connectivity index (χ2n) is 4.18. The molecule has 1 saturated heterocycles. The molecular formula is C10H15N3O3. The zero-order valence-electron chi connectivity index (χ0n) is 9.22. The first-order valence-electron chi connectivity index (χ1n) is 5.40. The number of carboxylic acid groups (broad SMARTS) is 1. The van der Waals surface area contributed by atoms with Gasteiger partial charge in [-0.2, -0.15) is 0 Å². The lowest BCUT2D eigenvalue weighted by molar-refractivity contribution is -0.143. The molecular weight excluding hydrogens is 210 g/mol. The molecule has 88 valence electrons. The van der Waals surface area contributed by atoms with E-state index in [0.29, 0.717) is 19.4 Å². The van der Waals surface area contributed by atoms with E-state index >= 15 is 0 Å². The van der Waals surface area contributed by atoms with E-state index in [1.165, 1.54) is 0 Å². The van der Waals surface area contributed by atoms with Crippen LogP contribution in [-0.4, -0.2) is 39.4 Å². The predicted octanol–water partition coefficient (Wildman–Crippen LogP) is 0.675. The molecule has 0 radical (unpaired) electrons. The zero-order valence-corrected chi connectivity index (χ0v) is 9.22. The molecule has 1 aliphatic heterocycles. The molecule has 0 aromatic carbocycles. The van der Waals surface area contributed by atoms with Crippen molar-refractivity contribution >= 4 is 5.97 Å². The Morgan fingerprint density at radius 2 is 2.19 bits per heavy atom. The van der Waals surface area contributed by atoms with Crippen LogP contribution < -0.4 is 0 Å². The van der Waals surface area contributed by atoms with Crippen LogP contribution in [-0.2, 0) is 11.3 Å². The Morgan fingerprint density at radius 1 is 1.50 bits per heavy atom. The summed E-state index contributed by atoms with van der Waals surface area (Å²) in [5, 5.41) is 16.4. The van der Waals surface area contributed by atoms with Crippen LogP contribution in [0.3, 0.4) is 0 Å². The van der Waals surface area contributed by atoms with Gasteiger partial charge in [0, 0.05) is 6.54 Å². The van der Waals surface area contributed by atoms with Crippen molar-refractivity contribution in [3.05, 3.63) is 11.4 Å². The van der Waals surface area contributed by atoms with Gasteiger partial charge in [0.1, 0.15) is 11.4 Å². The fraction of sp³-hybridized carbons (Fsp3) is 0.700. The van der Waals surface area contributed by atoms with E-state index in [0.717, 1.165) is 24.5 Å². The van der Waals surface area contributed by atoms with Gasteiger partial charge in [-0.1, -0.05) is 10.3 Å². The molecule has 0 spiro atoms. The van der Waals surface area contributed by atoms with Crippen LogP contribution in [0.1, 0.15) is 24.2 Å². The topological polar surface area (TPSA) is 79.5 Å². The van der Waals surface area contributed by atoms with E-state index in [1.54, 1.807) is 0 Å². The number of carboxylic acids is 1. The summed E-state index contributed by atoms with van der Waals surface area (Å²) in [5.74, 6) is -0.869. The number of likely N-dealkylation sites (tertiary alicyclic amines) is 1. The fourth-order valence-electron chi connectivity index (χ4n) is 1.94. The van der Waals surface area contributed by atoms with E-state index in [9.17, 15) is 4.79 Å². The molecule has 2 heterocycles. The van der Waals surface area contributed by atoms with E-state index in [1.807, 2.05) is 6.92 Å². The molecule has 0 saturated carbocycles. The lowest BCUT2D eigenvalue weighted by Crippen LogP contribution is -2.36. The number of aryl methyl sites for hydroxylation is 1. The summed E-state index contributed by atoms with van der Waals surface area (Å²) in [4.78, 5) is 13.0. The van der Waals surface area contributed by atoms with Crippen molar-refractivity contribution in [3.63, 3.8) is 0 Å². The summed E-state index contributed by atoms with van der Waals surface area (Å²) >= 11 is 0. The molecule has 6 nitrogen and oxygen atoms in total. The van der Waals surface area contributed by atoms with Gasteiger partial charge in [-0.25, -0.2) is 4.63 Å². The highest BCUT2D eigenvalue weighted by atomic mass is 16.6. The second kappa shape index (κ2) is 4.61. The monoisotopic (exact) mass is 225 g/mol. The zero-order chi connectivity index (χ0) is 11.5. The van der Waals surface area contributed by atoms with Crippen LogP contribution in [0, 0.1) is 12.8 Å². The summed E-state index contributed by atoms with van der Waals surface area (Å²) in [7, 11) is 0. The average molecular weight is 225 g/mol. The van der Waals surface area contributed by atoms with Crippen molar-refractivity contribution in [2.45, 2.75) is 26.3 Å². The molecule has 0 bridgehead atoms. The van der Waals surface area contributed by atoms with E-state index in [2.05, 4.69) is 19.8 Å². The van der Waals surface area contributed by atoms with Crippen molar-refractivity contribution < 1.29 is 14.5 Å². The van der Waals surface area contributed by atoms with Crippen LogP contribution in [0.4, 0.5) is 0 Å². The normalized spacial score (nSPS) is 18.8. The molecule has 1 aliphatic rings. The molecule has 1 N–H and O–H groups in total. The first kappa shape index (κ1) is 11.1. The molecule has 0 atom stereocenters. The van der Waals surface area contributed by atoms with Gasteiger partial charge in [0.05, 0.1) is 5.92 Å². The number of carbonyl (C=O) groups is 1. The second-order valence-corrected chi connectivity index (χ2v) is 4.18. The molecule has 0 aliphatic carbocycles. The number of nitrogens with zero attached hydrogens (tertiary/aromatic N) is 3. The highest BCUT2D eigenvalue weighted by Gasteiger charge is 2.25. The molecule has 0 unspecified atom stereocenters. The van der Waals surface area contributed by atoms with Gasteiger partial charge in [0.15, 0.2) is 0 Å². The Labute approximate surface area is 93.2 Å². The maximum atomic E-state index is 10.8. The van der Waals surface area contributed by atoms with Crippen molar-refractivity contribution in [1.29, 1.82) is 0 Å². The minimum Gasteiger partial charge on any atom is -0.481 e. The lowest BCUT2D eigenvalue weighted by atomic mass is 9.97. The Morgan fingerprint density at radius 3 is 2.69 bits per heavy atom. The fourth-order valence-corrected chi connectivity index (χ4v) is 1.94. The summed E-state index contributed by atoms with van der Waals surface area (Å²) in [6.07, 6.45) is 1.42. The number of rotatable bonds is 3. The third-order valence-electron chi connectivity index (χ3n) is 3.06. The number of aliphatic carboxylic acids is 1. The summed E-state index contributed by atoms with van der Waals surface area (Å²) < 4.78 is 4.63. The molecule has 1 fully saturated rings. The largest absolute Gasteiger partial charge is 0.481 e. The smallest absolute Gasteiger partial charge is 0.306 e. The Kier molecular flexibility index (Phi) is 3.19. The summed E-state index contributed by atoms with van der Waals surface area (Å²) in [5.41, 5.74) is 1.65. The van der Waals surface area contributed by atoms with Gasteiger partial charge in [-0.3, -0.25) is 9.69 Å². The van der Waals surface area contributed by atoms with Gasteiger partial charge >= 0.3 is 5.97 Å². The SMILES string of the molecule is Cc1nonc1CN1CCC(C(=O)O)CC1. The van der Waals surface area contributed by atoms with Crippen LogP contribution in [0.2, 0.25) is 0 Å². The van der Waals surface area contributed by atoms with Crippen LogP contribution in [0.25, 0.3) is 0 Å². The maximum absolute atomic E-state index is 10.8. The van der Waals surface area contributed by atoms with Crippen LogP contribution in [0.15, 0.2) is 4.63 Å². The molecule has 0 amide bonds. The van der Waals surface area contributed by atoms with Crippen LogP contribution in [0.5, 0.6) is 0 Å². The summed E-state index contributed by atoms with van der Waals surface area (Å²) in [6, 6.07) is 0. The third kappa shape index (κ3) is 2.38. The number of hydrogen-bond donors (Lipinski definition) is 1. The standard InChI is InChI=1S/C10H15N3O3/c1-7-9(12-16-11-7)6-13-4-2-8(3-5-13)10(14)15/h8H,2-6H2,1H3,(H,14,15). The quantitative estimate of drug-likeness (QED) is 0.814. The van der Waals surface area contributed by atoms with E-state index in [-0.39, 0.29) is 5.92 Å². The Hall–Kier alpha value is -1.43. The van der Waals surface area contributed by atoms with E-state index in [4.69, 9.17) is 5.11 Å². The molecule has 2 rings (SSSR count). The minimum atomic E-state index is -0.682. The van der Waals surface area contributed by atoms with Gasteiger partial charge in [-0.15, -0.1) is 0 Å². The molecule has 16 heavy (non-hydrogen) atoms. The first-order chi connectivity index (χ1) is 7.66. The molecule has 6 heteroatoms.